The smallest absolute Gasteiger partial charge is 0.237 e. The van der Waals surface area contributed by atoms with Gasteiger partial charge in [-0.1, -0.05) is 23.9 Å². The number of benzene rings is 1. The van der Waals surface area contributed by atoms with Crippen LogP contribution < -0.4 is 5.32 Å². The van der Waals surface area contributed by atoms with Crippen LogP contribution in [-0.2, 0) is 24.2 Å². The van der Waals surface area contributed by atoms with Gasteiger partial charge in [-0.2, -0.15) is 0 Å². The van der Waals surface area contributed by atoms with Gasteiger partial charge in [0.2, 0.25) is 5.91 Å². The zero-order chi connectivity index (χ0) is 18.8. The van der Waals surface area contributed by atoms with E-state index in [2.05, 4.69) is 39.1 Å². The van der Waals surface area contributed by atoms with Gasteiger partial charge in [-0.15, -0.1) is 21.5 Å². The van der Waals surface area contributed by atoms with Crippen LogP contribution in [-0.4, -0.2) is 25.9 Å². The number of amides is 1. The summed E-state index contributed by atoms with van der Waals surface area (Å²) in [5, 5.41) is 14.3. The molecule has 1 amide bonds. The molecule has 1 N–H and O–H groups in total. The zero-order valence-corrected chi connectivity index (χ0v) is 17.1. The topological polar surface area (TPSA) is 59.8 Å². The quantitative estimate of drug-likeness (QED) is 0.615. The molecule has 140 valence electrons. The lowest BCUT2D eigenvalue weighted by Gasteiger charge is -2.13. The van der Waals surface area contributed by atoms with E-state index in [0.717, 1.165) is 40.9 Å². The van der Waals surface area contributed by atoms with Crippen LogP contribution in [0.25, 0.3) is 10.7 Å². The first-order valence-electron chi connectivity index (χ1n) is 9.22. The van der Waals surface area contributed by atoms with E-state index in [-0.39, 0.29) is 11.2 Å². The van der Waals surface area contributed by atoms with Crippen molar-refractivity contribution in [2.75, 3.05) is 5.32 Å². The first kappa shape index (κ1) is 18.3. The molecule has 0 aliphatic heterocycles. The molecular weight excluding hydrogens is 376 g/mol. The van der Waals surface area contributed by atoms with Gasteiger partial charge in [0.25, 0.3) is 0 Å². The molecular formula is C20H22N4OS2. The Labute approximate surface area is 167 Å². The number of aryl methyl sites for hydroxylation is 2. The predicted octanol–water partition coefficient (Wildman–Crippen LogP) is 4.63. The lowest BCUT2D eigenvalue weighted by atomic mass is 10.1. The Kier molecular flexibility index (Phi) is 5.31. The number of thioether (sulfide) groups is 1. The molecule has 2 heterocycles. The van der Waals surface area contributed by atoms with Gasteiger partial charge in [0, 0.05) is 12.2 Å². The van der Waals surface area contributed by atoms with Crippen LogP contribution in [0.15, 0.2) is 40.9 Å². The molecule has 27 heavy (non-hydrogen) atoms. The maximum absolute atomic E-state index is 12.7. The van der Waals surface area contributed by atoms with Crippen LogP contribution in [0.3, 0.4) is 0 Å². The molecule has 1 aliphatic rings. The molecule has 1 aliphatic carbocycles. The highest BCUT2D eigenvalue weighted by Crippen LogP contribution is 2.30. The number of hydrogen-bond donors (Lipinski definition) is 1. The van der Waals surface area contributed by atoms with E-state index >= 15 is 0 Å². The van der Waals surface area contributed by atoms with E-state index in [4.69, 9.17) is 0 Å². The Morgan fingerprint density at radius 1 is 1.30 bits per heavy atom. The van der Waals surface area contributed by atoms with Crippen molar-refractivity contribution in [1.82, 2.24) is 14.8 Å². The Balaban J connectivity index is 1.46. The normalized spacial score (nSPS) is 14.1. The Morgan fingerprint density at radius 3 is 2.93 bits per heavy atom. The second-order valence-corrected chi connectivity index (χ2v) is 8.87. The Hall–Kier alpha value is -2.12. The second-order valence-electron chi connectivity index (χ2n) is 6.61. The standard InChI is InChI=1S/C20H22N4OS2/c1-3-24-18(17-8-5-11-26-17)22-23-20(24)27-13(2)19(25)21-16-10-9-14-6-4-7-15(14)12-16/h5,8-13H,3-4,6-7H2,1-2H3,(H,21,25)/t13-/m0/s1. The van der Waals surface area contributed by atoms with Crippen molar-refractivity contribution in [3.05, 3.63) is 46.8 Å². The minimum absolute atomic E-state index is 0.0127. The molecule has 7 heteroatoms. The van der Waals surface area contributed by atoms with Crippen LogP contribution in [0.2, 0.25) is 0 Å². The van der Waals surface area contributed by atoms with Gasteiger partial charge >= 0.3 is 0 Å². The van der Waals surface area contributed by atoms with E-state index < -0.39 is 0 Å². The second kappa shape index (κ2) is 7.86. The summed E-state index contributed by atoms with van der Waals surface area (Å²) in [4.78, 5) is 13.8. The van der Waals surface area contributed by atoms with E-state index in [9.17, 15) is 4.79 Å². The maximum atomic E-state index is 12.7. The average Bonchev–Trinajstić information content (AvgIpc) is 3.41. The number of anilines is 1. The minimum Gasteiger partial charge on any atom is -0.325 e. The summed E-state index contributed by atoms with van der Waals surface area (Å²) >= 11 is 3.09. The number of carbonyl (C=O) groups excluding carboxylic acids is 1. The third-order valence-corrected chi connectivity index (χ3v) is 6.74. The number of nitrogens with one attached hydrogen (secondary N) is 1. The molecule has 4 rings (SSSR count). The van der Waals surface area contributed by atoms with Gasteiger partial charge in [-0.05, 0) is 67.8 Å². The monoisotopic (exact) mass is 398 g/mol. The summed E-state index contributed by atoms with van der Waals surface area (Å²) in [5.41, 5.74) is 3.65. The molecule has 1 atom stereocenters. The van der Waals surface area contributed by atoms with Crippen molar-refractivity contribution in [3.8, 4) is 10.7 Å². The molecule has 0 saturated heterocycles. The number of thiophene rings is 1. The van der Waals surface area contributed by atoms with Crippen molar-refractivity contribution in [2.45, 2.75) is 50.1 Å². The summed E-state index contributed by atoms with van der Waals surface area (Å²) in [7, 11) is 0. The molecule has 0 bridgehead atoms. The SMILES string of the molecule is CCn1c(S[C@@H](C)C(=O)Nc2ccc3c(c2)CCC3)nnc1-c1cccs1. The highest BCUT2D eigenvalue weighted by Gasteiger charge is 2.21. The molecule has 5 nitrogen and oxygen atoms in total. The number of carbonyl (C=O) groups is 1. The number of fused-ring (bicyclic) bond motifs is 1. The summed E-state index contributed by atoms with van der Waals surface area (Å²) in [6.45, 7) is 4.74. The molecule has 0 unspecified atom stereocenters. The molecule has 0 spiro atoms. The fourth-order valence-electron chi connectivity index (χ4n) is 3.35. The lowest BCUT2D eigenvalue weighted by molar-refractivity contribution is -0.115. The third kappa shape index (κ3) is 3.80. The Morgan fingerprint density at radius 2 is 2.15 bits per heavy atom. The van der Waals surface area contributed by atoms with Crippen molar-refractivity contribution in [2.24, 2.45) is 0 Å². The fourth-order valence-corrected chi connectivity index (χ4v) is 4.98. The van der Waals surface area contributed by atoms with Crippen molar-refractivity contribution < 1.29 is 4.79 Å². The van der Waals surface area contributed by atoms with Crippen molar-refractivity contribution in [3.63, 3.8) is 0 Å². The van der Waals surface area contributed by atoms with E-state index in [1.807, 2.05) is 30.5 Å². The molecule has 0 saturated carbocycles. The first-order chi connectivity index (χ1) is 13.2. The van der Waals surface area contributed by atoms with Crippen molar-refractivity contribution in [1.29, 1.82) is 0 Å². The van der Waals surface area contributed by atoms with Crippen molar-refractivity contribution >= 4 is 34.7 Å². The predicted molar refractivity (Wildman–Crippen MR) is 111 cm³/mol. The van der Waals surface area contributed by atoms with Crippen LogP contribution in [0.4, 0.5) is 5.69 Å². The van der Waals surface area contributed by atoms with Crippen LogP contribution in [0.5, 0.6) is 0 Å². The summed E-state index contributed by atoms with van der Waals surface area (Å²) in [6.07, 6.45) is 3.46. The van der Waals surface area contributed by atoms with E-state index in [0.29, 0.717) is 0 Å². The van der Waals surface area contributed by atoms with Crippen LogP contribution in [0.1, 0.15) is 31.4 Å². The van der Waals surface area contributed by atoms with Gasteiger partial charge < -0.3 is 9.88 Å². The van der Waals surface area contributed by atoms with E-state index in [1.54, 1.807) is 11.3 Å². The maximum Gasteiger partial charge on any atom is 0.237 e. The number of rotatable bonds is 6. The zero-order valence-electron chi connectivity index (χ0n) is 15.4. The third-order valence-electron chi connectivity index (χ3n) is 4.79. The Bertz CT molecular complexity index is 949. The molecule has 2 aromatic heterocycles. The largest absolute Gasteiger partial charge is 0.325 e. The highest BCUT2D eigenvalue weighted by atomic mass is 32.2. The lowest BCUT2D eigenvalue weighted by Crippen LogP contribution is -2.23. The average molecular weight is 399 g/mol. The molecule has 1 aromatic carbocycles. The van der Waals surface area contributed by atoms with Gasteiger partial charge in [-0.25, -0.2) is 0 Å². The molecule has 0 radical (unpaired) electrons. The van der Waals surface area contributed by atoms with Gasteiger partial charge in [-0.3, -0.25) is 4.79 Å². The van der Waals surface area contributed by atoms with Gasteiger partial charge in [0.15, 0.2) is 11.0 Å². The number of aromatic nitrogens is 3. The summed E-state index contributed by atoms with van der Waals surface area (Å²) in [5.74, 6) is 0.850. The molecule has 3 aromatic rings. The van der Waals surface area contributed by atoms with Crippen LogP contribution >= 0.6 is 23.1 Å². The van der Waals surface area contributed by atoms with Crippen LogP contribution in [0, 0.1) is 0 Å². The summed E-state index contributed by atoms with van der Waals surface area (Å²) < 4.78 is 2.07. The highest BCUT2D eigenvalue weighted by molar-refractivity contribution is 8.00. The fraction of sp³-hybridized carbons (Fsp3) is 0.350. The first-order valence-corrected chi connectivity index (χ1v) is 11.0. The van der Waals surface area contributed by atoms with E-state index in [1.165, 1.54) is 29.3 Å². The number of nitrogens with zero attached hydrogens (tertiary/aromatic N) is 3. The molecule has 0 fully saturated rings. The van der Waals surface area contributed by atoms with Gasteiger partial charge in [0.05, 0.1) is 10.1 Å². The summed E-state index contributed by atoms with van der Waals surface area (Å²) in [6, 6.07) is 10.3. The minimum atomic E-state index is -0.260. The van der Waals surface area contributed by atoms with Gasteiger partial charge in [0.1, 0.15) is 0 Å². The number of hydrogen-bond acceptors (Lipinski definition) is 5.